The first-order valence-electron chi connectivity index (χ1n) is 9.25. The van der Waals surface area contributed by atoms with Gasteiger partial charge in [0.25, 0.3) is 5.91 Å². The van der Waals surface area contributed by atoms with Crippen LogP contribution in [0, 0.1) is 12.7 Å². The molecule has 0 aliphatic carbocycles. The maximum Gasteiger partial charge on any atom is 0.256 e. The van der Waals surface area contributed by atoms with Crippen molar-refractivity contribution in [3.05, 3.63) is 64.6 Å². The van der Waals surface area contributed by atoms with Crippen LogP contribution in [0.3, 0.4) is 0 Å². The van der Waals surface area contributed by atoms with Gasteiger partial charge < -0.3 is 4.90 Å². The van der Waals surface area contributed by atoms with Gasteiger partial charge in [0, 0.05) is 41.2 Å². The molecule has 9 heteroatoms. The maximum atomic E-state index is 14.2. The monoisotopic (exact) mass is 464 g/mol. The molecule has 0 bridgehead atoms. The van der Waals surface area contributed by atoms with E-state index in [9.17, 15) is 17.6 Å². The topological polar surface area (TPSA) is 67.3 Å². The Balaban J connectivity index is 1.98. The summed E-state index contributed by atoms with van der Waals surface area (Å²) in [6.45, 7) is 2.60. The Morgan fingerprint density at radius 1 is 1.17 bits per heavy atom. The third-order valence-electron chi connectivity index (χ3n) is 5.03. The lowest BCUT2D eigenvalue weighted by atomic mass is 10.1. The van der Waals surface area contributed by atoms with E-state index in [1.54, 1.807) is 35.7 Å². The molecule has 5 nitrogen and oxygen atoms in total. The molecule has 2 heterocycles. The highest BCUT2D eigenvalue weighted by molar-refractivity contribution is 7.99. The molecule has 156 valence electrons. The Labute approximate surface area is 183 Å². The zero-order chi connectivity index (χ0) is 21.5. The molecule has 1 fully saturated rings. The summed E-state index contributed by atoms with van der Waals surface area (Å²) in [5.74, 6) is 0.525. The second-order valence-electron chi connectivity index (χ2n) is 6.98. The van der Waals surface area contributed by atoms with Gasteiger partial charge in [0.05, 0.1) is 20.9 Å². The number of rotatable bonds is 3. The van der Waals surface area contributed by atoms with E-state index in [0.717, 1.165) is 17.6 Å². The zero-order valence-electron chi connectivity index (χ0n) is 16.1. The molecule has 0 atom stereocenters. The van der Waals surface area contributed by atoms with Gasteiger partial charge in [0.2, 0.25) is 9.84 Å². The number of sulfone groups is 1. The lowest BCUT2D eigenvalue weighted by Crippen LogP contribution is -2.38. The van der Waals surface area contributed by atoms with Gasteiger partial charge in [-0.25, -0.2) is 12.8 Å². The summed E-state index contributed by atoms with van der Waals surface area (Å²) in [4.78, 5) is 18.8. The Bertz CT molecular complexity index is 1260. The highest BCUT2D eigenvalue weighted by Gasteiger charge is 2.31. The van der Waals surface area contributed by atoms with Crippen molar-refractivity contribution >= 4 is 50.0 Å². The Hall–Kier alpha value is -2.16. The number of hydrogen-bond donors (Lipinski definition) is 0. The zero-order valence-corrected chi connectivity index (χ0v) is 18.5. The summed E-state index contributed by atoms with van der Waals surface area (Å²) in [6, 6.07) is 8.40. The molecule has 0 radical (unpaired) electrons. The van der Waals surface area contributed by atoms with Crippen molar-refractivity contribution in [2.75, 3.05) is 24.6 Å². The predicted molar refractivity (Wildman–Crippen MR) is 117 cm³/mol. The molecule has 1 aliphatic heterocycles. The number of fused-ring (bicyclic) bond motifs is 1. The van der Waals surface area contributed by atoms with Crippen LogP contribution in [-0.2, 0) is 9.84 Å². The first-order chi connectivity index (χ1) is 14.3. The Kier molecular flexibility index (Phi) is 5.74. The van der Waals surface area contributed by atoms with E-state index in [1.807, 2.05) is 0 Å². The van der Waals surface area contributed by atoms with Crippen molar-refractivity contribution in [1.29, 1.82) is 0 Å². The quantitative estimate of drug-likeness (QED) is 0.576. The third-order valence-corrected chi connectivity index (χ3v) is 8.06. The van der Waals surface area contributed by atoms with E-state index in [1.165, 1.54) is 24.4 Å². The summed E-state index contributed by atoms with van der Waals surface area (Å²) in [5, 5.41) is 0.551. The van der Waals surface area contributed by atoms with Crippen molar-refractivity contribution < 1.29 is 17.6 Å². The van der Waals surface area contributed by atoms with Crippen molar-refractivity contribution in [2.24, 2.45) is 0 Å². The number of nitrogens with zero attached hydrogens (tertiary/aromatic N) is 2. The van der Waals surface area contributed by atoms with Gasteiger partial charge >= 0.3 is 0 Å². The van der Waals surface area contributed by atoms with Gasteiger partial charge in [-0.1, -0.05) is 17.7 Å². The summed E-state index contributed by atoms with van der Waals surface area (Å²) in [5.41, 5.74) is 0.688. The van der Waals surface area contributed by atoms with Crippen molar-refractivity contribution in [3.8, 4) is 0 Å². The molecule has 0 unspecified atom stereocenters. The minimum atomic E-state index is -4.23. The van der Waals surface area contributed by atoms with E-state index in [-0.39, 0.29) is 20.7 Å². The fourth-order valence-corrected chi connectivity index (χ4v) is 6.08. The molecular formula is C21H18ClFN2O3S2. The minimum absolute atomic E-state index is 0.0300. The largest absolute Gasteiger partial charge is 0.337 e. The number of thioether (sulfide) groups is 1. The molecule has 1 saturated heterocycles. The number of halogens is 2. The van der Waals surface area contributed by atoms with Crippen LogP contribution < -0.4 is 0 Å². The molecule has 1 aliphatic rings. The van der Waals surface area contributed by atoms with Crippen molar-refractivity contribution in [2.45, 2.75) is 16.7 Å². The molecule has 30 heavy (non-hydrogen) atoms. The fraction of sp³-hybridized carbons (Fsp3) is 0.238. The first-order valence-corrected chi connectivity index (χ1v) is 12.3. The number of carbonyl (C=O) groups is 1. The minimum Gasteiger partial charge on any atom is -0.337 e. The van der Waals surface area contributed by atoms with Gasteiger partial charge in [-0.05, 0) is 42.8 Å². The average molecular weight is 465 g/mol. The van der Waals surface area contributed by atoms with Crippen LogP contribution in [0.2, 0.25) is 5.02 Å². The molecule has 0 saturated carbocycles. The van der Waals surface area contributed by atoms with E-state index in [2.05, 4.69) is 4.98 Å². The van der Waals surface area contributed by atoms with Crippen LogP contribution in [-0.4, -0.2) is 48.8 Å². The summed E-state index contributed by atoms with van der Waals surface area (Å²) in [7, 11) is -4.23. The fourth-order valence-electron chi connectivity index (χ4n) is 3.38. The van der Waals surface area contributed by atoms with Crippen LogP contribution in [0.5, 0.6) is 0 Å². The predicted octanol–water partition coefficient (Wildman–Crippen LogP) is 4.36. The first kappa shape index (κ1) is 21.1. The summed E-state index contributed by atoms with van der Waals surface area (Å²) in [6.07, 6.45) is 1.29. The molecule has 1 aromatic heterocycles. The molecule has 1 amide bonds. The number of hydrogen-bond acceptors (Lipinski definition) is 5. The van der Waals surface area contributed by atoms with E-state index >= 15 is 0 Å². The van der Waals surface area contributed by atoms with Crippen LogP contribution in [0.25, 0.3) is 10.9 Å². The van der Waals surface area contributed by atoms with Crippen molar-refractivity contribution in [1.82, 2.24) is 9.88 Å². The number of amides is 1. The summed E-state index contributed by atoms with van der Waals surface area (Å²) >= 11 is 7.87. The normalized spacial score (nSPS) is 14.8. The van der Waals surface area contributed by atoms with E-state index < -0.39 is 21.6 Å². The molecule has 0 spiro atoms. The van der Waals surface area contributed by atoms with Gasteiger partial charge in [-0.3, -0.25) is 9.78 Å². The second kappa shape index (κ2) is 8.17. The SMILES string of the molecule is Cc1ccc(S(=O)(=O)c2c(C(=O)N3CCSCC3)cnc3ccc(Cl)cc23)cc1F. The smallest absolute Gasteiger partial charge is 0.256 e. The number of aromatic nitrogens is 1. The highest BCUT2D eigenvalue weighted by atomic mass is 35.5. The van der Waals surface area contributed by atoms with Gasteiger partial charge in [-0.15, -0.1) is 0 Å². The number of aryl methyl sites for hydroxylation is 1. The highest BCUT2D eigenvalue weighted by Crippen LogP contribution is 2.33. The average Bonchev–Trinajstić information content (AvgIpc) is 2.74. The number of benzene rings is 2. The van der Waals surface area contributed by atoms with Gasteiger partial charge in [0.15, 0.2) is 0 Å². The molecule has 4 rings (SSSR count). The summed E-state index contributed by atoms with van der Waals surface area (Å²) < 4.78 is 41.4. The standard InChI is InChI=1S/C21H18ClFN2O3S2/c1-13-2-4-15(11-18(13)23)30(27,28)20-16-10-14(22)3-5-19(16)24-12-17(20)21(26)25-6-8-29-9-7-25/h2-5,10-12H,6-9H2,1H3. The van der Waals surface area contributed by atoms with Crippen LogP contribution >= 0.6 is 23.4 Å². The molecule has 0 N–H and O–H groups in total. The molecular weight excluding hydrogens is 447 g/mol. The lowest BCUT2D eigenvalue weighted by Gasteiger charge is -2.27. The maximum absolute atomic E-state index is 14.2. The van der Waals surface area contributed by atoms with Gasteiger partial charge in [0.1, 0.15) is 5.82 Å². The van der Waals surface area contributed by atoms with E-state index in [0.29, 0.717) is 29.2 Å². The van der Waals surface area contributed by atoms with Crippen LogP contribution in [0.15, 0.2) is 52.4 Å². The Morgan fingerprint density at radius 3 is 2.60 bits per heavy atom. The number of pyridine rings is 1. The van der Waals surface area contributed by atoms with Crippen LogP contribution in [0.4, 0.5) is 4.39 Å². The lowest BCUT2D eigenvalue weighted by molar-refractivity contribution is 0.0768. The van der Waals surface area contributed by atoms with Crippen LogP contribution in [0.1, 0.15) is 15.9 Å². The van der Waals surface area contributed by atoms with Crippen molar-refractivity contribution in [3.63, 3.8) is 0 Å². The second-order valence-corrected chi connectivity index (χ2v) is 10.5. The molecule has 2 aromatic carbocycles. The Morgan fingerprint density at radius 2 is 1.90 bits per heavy atom. The number of carbonyl (C=O) groups excluding carboxylic acids is 1. The van der Waals surface area contributed by atoms with E-state index in [4.69, 9.17) is 11.6 Å². The molecule has 3 aromatic rings. The van der Waals surface area contributed by atoms with Gasteiger partial charge in [-0.2, -0.15) is 11.8 Å². The third kappa shape index (κ3) is 3.79.